The summed E-state index contributed by atoms with van der Waals surface area (Å²) in [6.45, 7) is 4.88. The lowest BCUT2D eigenvalue weighted by Crippen LogP contribution is -2.35. The monoisotopic (exact) mass is 335 g/mol. The molecule has 2 rings (SSSR count). The molecule has 2 aromatic rings. The Bertz CT molecular complexity index is 651. The fraction of sp³-hybridized carbons (Fsp3) is 0.400. The highest BCUT2D eigenvalue weighted by atomic mass is 32.1. The first-order valence-electron chi connectivity index (χ1n) is 7.36. The van der Waals surface area contributed by atoms with Crippen molar-refractivity contribution >= 4 is 29.1 Å². The summed E-state index contributed by atoms with van der Waals surface area (Å²) in [5.74, 6) is 0.858. The van der Waals surface area contributed by atoms with E-state index in [-0.39, 0.29) is 12.3 Å². The summed E-state index contributed by atoms with van der Waals surface area (Å²) >= 11 is 1.47. The Morgan fingerprint density at radius 3 is 2.78 bits per heavy atom. The minimum Gasteiger partial charge on any atom is -0.352 e. The van der Waals surface area contributed by atoms with Crippen LogP contribution in [0.3, 0.4) is 0 Å². The topological polar surface area (TPSA) is 102 Å². The molecule has 0 aromatic carbocycles. The summed E-state index contributed by atoms with van der Waals surface area (Å²) in [6.07, 6.45) is 1.76. The molecule has 0 fully saturated rings. The van der Waals surface area contributed by atoms with Crippen LogP contribution in [0.5, 0.6) is 0 Å². The van der Waals surface area contributed by atoms with Crippen molar-refractivity contribution in [2.75, 3.05) is 5.32 Å². The zero-order valence-corrected chi connectivity index (χ0v) is 14.0. The predicted octanol–water partition coefficient (Wildman–Crippen LogP) is 2.34. The number of primary amides is 1. The predicted molar refractivity (Wildman–Crippen MR) is 90.1 cm³/mol. The number of thiophene rings is 1. The van der Waals surface area contributed by atoms with Gasteiger partial charge in [-0.05, 0) is 17.4 Å². The van der Waals surface area contributed by atoms with E-state index in [4.69, 9.17) is 5.73 Å². The molecule has 0 spiro atoms. The van der Waals surface area contributed by atoms with Gasteiger partial charge in [0.2, 0.25) is 5.91 Å². The van der Waals surface area contributed by atoms with Gasteiger partial charge in [0.05, 0.1) is 18.7 Å². The number of hydrogen-bond acceptors (Lipinski definition) is 4. The molecule has 0 saturated heterocycles. The number of aromatic nitrogens is 2. The van der Waals surface area contributed by atoms with Crippen LogP contribution in [-0.2, 0) is 11.3 Å². The molecule has 8 heteroatoms. The smallest absolute Gasteiger partial charge is 0.312 e. The van der Waals surface area contributed by atoms with Crippen molar-refractivity contribution in [2.45, 2.75) is 32.9 Å². The van der Waals surface area contributed by atoms with Gasteiger partial charge >= 0.3 is 6.03 Å². The zero-order valence-electron chi connectivity index (χ0n) is 13.2. The van der Waals surface area contributed by atoms with Crippen LogP contribution in [0, 0.1) is 5.92 Å². The van der Waals surface area contributed by atoms with E-state index in [1.165, 1.54) is 11.3 Å². The third kappa shape index (κ3) is 5.10. The van der Waals surface area contributed by atoms with Crippen LogP contribution in [0.2, 0.25) is 0 Å². The van der Waals surface area contributed by atoms with Gasteiger partial charge < -0.3 is 16.4 Å². The number of nitrogens with one attached hydrogen (secondary N) is 2. The highest BCUT2D eigenvalue weighted by Gasteiger charge is 2.19. The van der Waals surface area contributed by atoms with Gasteiger partial charge in [-0.1, -0.05) is 19.9 Å². The molecule has 0 bridgehead atoms. The van der Waals surface area contributed by atoms with E-state index in [1.807, 2.05) is 17.5 Å². The Kier molecular flexibility index (Phi) is 5.75. The van der Waals surface area contributed by atoms with E-state index in [2.05, 4.69) is 29.6 Å². The molecule has 1 atom stereocenters. The molecule has 23 heavy (non-hydrogen) atoms. The van der Waals surface area contributed by atoms with Gasteiger partial charge in [-0.15, -0.1) is 11.3 Å². The number of amides is 3. The summed E-state index contributed by atoms with van der Waals surface area (Å²) in [6, 6.07) is 4.39. The second-order valence-corrected chi connectivity index (χ2v) is 6.60. The maximum absolute atomic E-state index is 12.3. The van der Waals surface area contributed by atoms with E-state index in [1.54, 1.807) is 16.9 Å². The molecule has 1 unspecified atom stereocenters. The molecule has 7 nitrogen and oxygen atoms in total. The number of nitrogens with two attached hydrogens (primary N) is 1. The van der Waals surface area contributed by atoms with Gasteiger partial charge in [-0.25, -0.2) is 9.48 Å². The molecule has 0 aliphatic carbocycles. The van der Waals surface area contributed by atoms with Crippen molar-refractivity contribution < 1.29 is 9.59 Å². The Morgan fingerprint density at radius 2 is 2.17 bits per heavy atom. The molecule has 4 N–H and O–H groups in total. The van der Waals surface area contributed by atoms with Crippen molar-refractivity contribution in [3.8, 4) is 0 Å². The molecule has 0 aliphatic rings. The van der Waals surface area contributed by atoms with Crippen molar-refractivity contribution in [2.24, 2.45) is 11.7 Å². The number of nitrogens with zero attached hydrogens (tertiary/aromatic N) is 2. The molecule has 3 amide bonds. The highest BCUT2D eigenvalue weighted by Crippen LogP contribution is 2.22. The van der Waals surface area contributed by atoms with Crippen LogP contribution >= 0.6 is 11.3 Å². The van der Waals surface area contributed by atoms with Crippen LogP contribution in [0.25, 0.3) is 0 Å². The van der Waals surface area contributed by atoms with Crippen LogP contribution in [0.4, 0.5) is 10.6 Å². The van der Waals surface area contributed by atoms with E-state index >= 15 is 0 Å². The molecule has 0 saturated carbocycles. The summed E-state index contributed by atoms with van der Waals surface area (Å²) < 4.78 is 1.75. The third-order valence-electron chi connectivity index (χ3n) is 3.11. The first kappa shape index (κ1) is 17.0. The summed E-state index contributed by atoms with van der Waals surface area (Å²) in [5, 5.41) is 11.5. The first-order chi connectivity index (χ1) is 11.0. The van der Waals surface area contributed by atoms with Gasteiger partial charge in [0.25, 0.3) is 0 Å². The van der Waals surface area contributed by atoms with Crippen molar-refractivity contribution in [3.05, 3.63) is 34.7 Å². The zero-order chi connectivity index (χ0) is 16.8. The van der Waals surface area contributed by atoms with E-state index in [0.29, 0.717) is 11.7 Å². The van der Waals surface area contributed by atoms with Crippen LogP contribution < -0.4 is 16.4 Å². The first-order valence-corrected chi connectivity index (χ1v) is 8.24. The van der Waals surface area contributed by atoms with Crippen LogP contribution in [0.1, 0.15) is 31.2 Å². The molecule has 0 aliphatic heterocycles. The number of hydrogen-bond donors (Lipinski definition) is 3. The molecule has 124 valence electrons. The third-order valence-corrected chi connectivity index (χ3v) is 4.10. The average molecular weight is 335 g/mol. The van der Waals surface area contributed by atoms with Gasteiger partial charge in [-0.2, -0.15) is 5.10 Å². The second-order valence-electron chi connectivity index (χ2n) is 5.62. The second kappa shape index (κ2) is 7.77. The van der Waals surface area contributed by atoms with Crippen LogP contribution in [-0.4, -0.2) is 21.7 Å². The summed E-state index contributed by atoms with van der Waals surface area (Å²) in [7, 11) is 0. The molecule has 2 aromatic heterocycles. The molecule has 0 radical (unpaired) electrons. The molecular formula is C15H21N5O2S. The van der Waals surface area contributed by atoms with Crippen LogP contribution in [0.15, 0.2) is 29.8 Å². The number of rotatable bonds is 7. The molecular weight excluding hydrogens is 314 g/mol. The lowest BCUT2D eigenvalue weighted by Gasteiger charge is -2.16. The Balaban J connectivity index is 2.02. The van der Waals surface area contributed by atoms with E-state index in [0.717, 1.165) is 11.4 Å². The fourth-order valence-corrected chi connectivity index (χ4v) is 2.97. The van der Waals surface area contributed by atoms with E-state index < -0.39 is 12.1 Å². The normalized spacial score (nSPS) is 12.1. The number of urea groups is 1. The van der Waals surface area contributed by atoms with Gasteiger partial charge in [0.15, 0.2) is 0 Å². The Morgan fingerprint density at radius 1 is 1.39 bits per heavy atom. The van der Waals surface area contributed by atoms with Gasteiger partial charge in [0, 0.05) is 17.5 Å². The quantitative estimate of drug-likeness (QED) is 0.723. The maximum atomic E-state index is 12.3. The lowest BCUT2D eigenvalue weighted by molar-refractivity contribution is -0.116. The number of carbonyl (C=O) groups excluding carboxylic acids is 2. The van der Waals surface area contributed by atoms with Gasteiger partial charge in [0.1, 0.15) is 5.82 Å². The minimum atomic E-state index is -0.652. The van der Waals surface area contributed by atoms with Crippen molar-refractivity contribution in [3.63, 3.8) is 0 Å². The molecule has 2 heterocycles. The minimum absolute atomic E-state index is 0.107. The van der Waals surface area contributed by atoms with Crippen molar-refractivity contribution in [1.82, 2.24) is 15.1 Å². The van der Waals surface area contributed by atoms with Crippen molar-refractivity contribution in [1.29, 1.82) is 0 Å². The van der Waals surface area contributed by atoms with E-state index in [9.17, 15) is 9.59 Å². The van der Waals surface area contributed by atoms with Gasteiger partial charge in [-0.3, -0.25) is 4.79 Å². The fourth-order valence-electron chi connectivity index (χ4n) is 2.19. The summed E-state index contributed by atoms with van der Waals surface area (Å²) in [5.41, 5.74) is 5.20. The Hall–Kier alpha value is -2.35. The number of carbonyl (C=O) groups is 2. The SMILES string of the molecule is CC(C)Cn1nccc1NC(=O)CC(NC(N)=O)c1cccs1. The average Bonchev–Trinajstić information content (AvgIpc) is 3.09. The Labute approximate surface area is 138 Å². The lowest BCUT2D eigenvalue weighted by atomic mass is 10.1. The number of anilines is 1. The standard InChI is InChI=1S/C15H21N5O2S/c1-10(2)9-20-13(5-6-17-20)19-14(21)8-11(18-15(16)22)12-4-3-7-23-12/h3-7,10-11H,8-9H2,1-2H3,(H,19,21)(H3,16,18,22). The largest absolute Gasteiger partial charge is 0.352 e. The summed E-state index contributed by atoms with van der Waals surface area (Å²) in [4.78, 5) is 24.3. The maximum Gasteiger partial charge on any atom is 0.312 e. The highest BCUT2D eigenvalue weighted by molar-refractivity contribution is 7.10.